The highest BCUT2D eigenvalue weighted by atomic mass is 16.5. The summed E-state index contributed by atoms with van der Waals surface area (Å²) in [6.45, 7) is 6.63. The normalized spacial score (nSPS) is 10.5. The van der Waals surface area contributed by atoms with E-state index in [4.69, 9.17) is 10.5 Å². The van der Waals surface area contributed by atoms with Crippen molar-refractivity contribution >= 4 is 11.5 Å². The second kappa shape index (κ2) is 7.90. The largest absolute Gasteiger partial charge is 0.397 e. The van der Waals surface area contributed by atoms with E-state index in [1.54, 1.807) is 0 Å². The quantitative estimate of drug-likeness (QED) is 0.682. The summed E-state index contributed by atoms with van der Waals surface area (Å²) in [5.41, 5.74) is 7.31. The summed E-state index contributed by atoms with van der Waals surface area (Å²) < 4.78 is 5.47. The summed E-state index contributed by atoms with van der Waals surface area (Å²) in [5.74, 6) is 0.880. The molecule has 1 heterocycles. The topological polar surface area (TPSA) is 60.2 Å². The smallest absolute Gasteiger partial charge is 0.126 e. The Kier molecular flexibility index (Phi) is 6.40. The number of aromatic nitrogens is 1. The van der Waals surface area contributed by atoms with Crippen LogP contribution in [-0.2, 0) is 4.74 Å². The summed E-state index contributed by atoms with van der Waals surface area (Å²) in [5, 5.41) is 3.26. The average molecular weight is 237 g/mol. The van der Waals surface area contributed by atoms with Crippen molar-refractivity contribution in [2.24, 2.45) is 0 Å². The Bertz CT molecular complexity index is 328. The van der Waals surface area contributed by atoms with Crippen LogP contribution < -0.4 is 11.1 Å². The SMILES string of the molecule is CCCCOCCCNc1ccc(N)c(C)n1. The Morgan fingerprint density at radius 2 is 2.06 bits per heavy atom. The molecule has 0 aliphatic rings. The van der Waals surface area contributed by atoms with Crippen LogP contribution in [0.4, 0.5) is 11.5 Å². The van der Waals surface area contributed by atoms with E-state index in [9.17, 15) is 0 Å². The van der Waals surface area contributed by atoms with Crippen molar-refractivity contribution in [1.29, 1.82) is 0 Å². The molecule has 0 unspecified atom stereocenters. The molecule has 0 saturated heterocycles. The van der Waals surface area contributed by atoms with Gasteiger partial charge in [-0.2, -0.15) is 0 Å². The number of hydrogen-bond acceptors (Lipinski definition) is 4. The number of pyridine rings is 1. The van der Waals surface area contributed by atoms with Crippen LogP contribution in [0.1, 0.15) is 31.9 Å². The lowest BCUT2D eigenvalue weighted by atomic mass is 10.3. The molecule has 1 aromatic heterocycles. The molecule has 0 amide bonds. The summed E-state index contributed by atoms with van der Waals surface area (Å²) in [6.07, 6.45) is 3.33. The van der Waals surface area contributed by atoms with E-state index in [1.165, 1.54) is 6.42 Å². The number of nitrogens with zero attached hydrogens (tertiary/aromatic N) is 1. The third kappa shape index (κ3) is 5.54. The Balaban J connectivity index is 2.11. The fourth-order valence-corrected chi connectivity index (χ4v) is 1.41. The molecule has 0 saturated carbocycles. The molecule has 0 aliphatic heterocycles. The first-order valence-corrected chi connectivity index (χ1v) is 6.28. The predicted octanol–water partition coefficient (Wildman–Crippen LogP) is 2.59. The van der Waals surface area contributed by atoms with Crippen molar-refractivity contribution in [3.05, 3.63) is 17.8 Å². The standard InChI is InChI=1S/C13H23N3O/c1-3-4-9-17-10-5-8-15-13-7-6-12(14)11(2)16-13/h6-7H,3-5,8-10,14H2,1-2H3,(H,15,16). The fourth-order valence-electron chi connectivity index (χ4n) is 1.41. The molecule has 17 heavy (non-hydrogen) atoms. The van der Waals surface area contributed by atoms with Crippen LogP contribution >= 0.6 is 0 Å². The molecule has 0 radical (unpaired) electrons. The third-order valence-corrected chi connectivity index (χ3v) is 2.54. The zero-order chi connectivity index (χ0) is 12.5. The Hall–Kier alpha value is -1.29. The second-order valence-corrected chi connectivity index (χ2v) is 4.12. The van der Waals surface area contributed by atoms with Gasteiger partial charge < -0.3 is 15.8 Å². The highest BCUT2D eigenvalue weighted by Crippen LogP contribution is 2.11. The highest BCUT2D eigenvalue weighted by Gasteiger charge is 1.97. The van der Waals surface area contributed by atoms with Gasteiger partial charge in [-0.1, -0.05) is 13.3 Å². The van der Waals surface area contributed by atoms with Gasteiger partial charge in [-0.05, 0) is 31.9 Å². The van der Waals surface area contributed by atoms with Crippen LogP contribution in [0.25, 0.3) is 0 Å². The first-order valence-electron chi connectivity index (χ1n) is 6.28. The molecule has 1 rings (SSSR count). The van der Waals surface area contributed by atoms with Gasteiger partial charge in [-0.3, -0.25) is 0 Å². The highest BCUT2D eigenvalue weighted by molar-refractivity contribution is 5.48. The Morgan fingerprint density at radius 1 is 1.29 bits per heavy atom. The lowest BCUT2D eigenvalue weighted by Crippen LogP contribution is -2.08. The van der Waals surface area contributed by atoms with Gasteiger partial charge in [0.2, 0.25) is 0 Å². The second-order valence-electron chi connectivity index (χ2n) is 4.12. The van der Waals surface area contributed by atoms with E-state index in [0.29, 0.717) is 0 Å². The number of rotatable bonds is 8. The summed E-state index contributed by atoms with van der Waals surface area (Å²) in [7, 11) is 0. The minimum absolute atomic E-state index is 0.735. The first-order chi connectivity index (χ1) is 8.24. The van der Waals surface area contributed by atoms with Crippen LogP contribution in [0.3, 0.4) is 0 Å². The average Bonchev–Trinajstić information content (AvgIpc) is 2.32. The molecular formula is C13H23N3O. The summed E-state index contributed by atoms with van der Waals surface area (Å²) in [6, 6.07) is 3.78. The van der Waals surface area contributed by atoms with Crippen molar-refractivity contribution < 1.29 is 4.74 Å². The van der Waals surface area contributed by atoms with Gasteiger partial charge in [0.15, 0.2) is 0 Å². The lowest BCUT2D eigenvalue weighted by Gasteiger charge is -2.07. The number of unbranched alkanes of at least 4 members (excludes halogenated alkanes) is 1. The van der Waals surface area contributed by atoms with E-state index < -0.39 is 0 Å². The maximum Gasteiger partial charge on any atom is 0.126 e. The zero-order valence-corrected chi connectivity index (χ0v) is 10.8. The van der Waals surface area contributed by atoms with Crippen molar-refractivity contribution in [3.8, 4) is 0 Å². The van der Waals surface area contributed by atoms with Crippen molar-refractivity contribution in [1.82, 2.24) is 4.98 Å². The monoisotopic (exact) mass is 237 g/mol. The number of nitrogen functional groups attached to an aromatic ring is 1. The first kappa shape index (κ1) is 13.8. The molecule has 0 aliphatic carbocycles. The van der Waals surface area contributed by atoms with Gasteiger partial charge in [0.25, 0.3) is 0 Å². The number of anilines is 2. The van der Waals surface area contributed by atoms with Crippen molar-refractivity contribution in [2.45, 2.75) is 33.1 Å². The molecule has 0 spiro atoms. The molecule has 0 aromatic carbocycles. The maximum atomic E-state index is 5.70. The van der Waals surface area contributed by atoms with E-state index in [1.807, 2.05) is 19.1 Å². The summed E-state index contributed by atoms with van der Waals surface area (Å²) in [4.78, 5) is 4.34. The molecule has 0 fully saturated rings. The zero-order valence-electron chi connectivity index (χ0n) is 10.8. The third-order valence-electron chi connectivity index (χ3n) is 2.54. The van der Waals surface area contributed by atoms with Gasteiger partial charge in [-0.25, -0.2) is 4.98 Å². The number of nitrogens with one attached hydrogen (secondary N) is 1. The molecule has 4 heteroatoms. The van der Waals surface area contributed by atoms with Crippen LogP contribution in [0, 0.1) is 6.92 Å². The number of nitrogens with two attached hydrogens (primary N) is 1. The van der Waals surface area contributed by atoms with Gasteiger partial charge in [-0.15, -0.1) is 0 Å². The minimum Gasteiger partial charge on any atom is -0.397 e. The van der Waals surface area contributed by atoms with Crippen LogP contribution in [0.15, 0.2) is 12.1 Å². The number of hydrogen-bond donors (Lipinski definition) is 2. The van der Waals surface area contributed by atoms with Crippen LogP contribution in [-0.4, -0.2) is 24.7 Å². The van der Waals surface area contributed by atoms with Gasteiger partial charge in [0, 0.05) is 19.8 Å². The van der Waals surface area contributed by atoms with Crippen molar-refractivity contribution in [3.63, 3.8) is 0 Å². The van der Waals surface area contributed by atoms with Gasteiger partial charge in [0.05, 0.1) is 11.4 Å². The Morgan fingerprint density at radius 3 is 2.76 bits per heavy atom. The predicted molar refractivity (Wildman–Crippen MR) is 72.2 cm³/mol. The molecule has 4 nitrogen and oxygen atoms in total. The van der Waals surface area contributed by atoms with E-state index in [2.05, 4.69) is 17.2 Å². The van der Waals surface area contributed by atoms with Gasteiger partial charge in [0.1, 0.15) is 5.82 Å². The van der Waals surface area contributed by atoms with Crippen LogP contribution in [0.2, 0.25) is 0 Å². The number of aryl methyl sites for hydroxylation is 1. The van der Waals surface area contributed by atoms with E-state index >= 15 is 0 Å². The van der Waals surface area contributed by atoms with E-state index in [0.717, 1.165) is 49.8 Å². The summed E-state index contributed by atoms with van der Waals surface area (Å²) >= 11 is 0. The molecule has 1 aromatic rings. The van der Waals surface area contributed by atoms with E-state index in [-0.39, 0.29) is 0 Å². The minimum atomic E-state index is 0.735. The molecule has 0 bridgehead atoms. The number of ether oxygens (including phenoxy) is 1. The lowest BCUT2D eigenvalue weighted by molar-refractivity contribution is 0.131. The molecule has 3 N–H and O–H groups in total. The fraction of sp³-hybridized carbons (Fsp3) is 0.615. The Labute approximate surface area is 104 Å². The molecular weight excluding hydrogens is 214 g/mol. The van der Waals surface area contributed by atoms with Gasteiger partial charge >= 0.3 is 0 Å². The maximum absolute atomic E-state index is 5.70. The van der Waals surface area contributed by atoms with Crippen molar-refractivity contribution in [2.75, 3.05) is 30.8 Å². The molecule has 96 valence electrons. The molecule has 0 atom stereocenters. The van der Waals surface area contributed by atoms with Crippen LogP contribution in [0.5, 0.6) is 0 Å².